The number of rotatable bonds is 6. The van der Waals surface area contributed by atoms with Crippen molar-refractivity contribution in [3.8, 4) is 11.5 Å². The highest BCUT2D eigenvalue weighted by atomic mass is 16.5. The van der Waals surface area contributed by atoms with E-state index in [0.29, 0.717) is 30.5 Å². The number of amides is 1. The zero-order valence-corrected chi connectivity index (χ0v) is 15.8. The number of methoxy groups -OCH3 is 2. The van der Waals surface area contributed by atoms with Gasteiger partial charge in [0.15, 0.2) is 11.5 Å². The fourth-order valence-electron chi connectivity index (χ4n) is 4.00. The molecule has 26 heavy (non-hydrogen) atoms. The molecule has 1 aromatic rings. The molecule has 3 rings (SSSR count). The van der Waals surface area contributed by atoms with Gasteiger partial charge in [-0.1, -0.05) is 6.07 Å². The smallest absolute Gasteiger partial charge is 0.308 e. The van der Waals surface area contributed by atoms with Crippen LogP contribution in [0.25, 0.3) is 0 Å². The highest BCUT2D eigenvalue weighted by Gasteiger charge is 2.49. The molecule has 1 saturated carbocycles. The van der Waals surface area contributed by atoms with Gasteiger partial charge in [0, 0.05) is 13.1 Å². The molecule has 6 nitrogen and oxygen atoms in total. The second-order valence-corrected chi connectivity index (χ2v) is 7.85. The Morgan fingerprint density at radius 2 is 1.77 bits per heavy atom. The van der Waals surface area contributed by atoms with Crippen molar-refractivity contribution in [3.63, 3.8) is 0 Å². The summed E-state index contributed by atoms with van der Waals surface area (Å²) >= 11 is 0. The first-order valence-electron chi connectivity index (χ1n) is 9.04. The van der Waals surface area contributed by atoms with Gasteiger partial charge in [-0.3, -0.25) is 9.59 Å². The Morgan fingerprint density at radius 1 is 1.12 bits per heavy atom. The third kappa shape index (κ3) is 3.24. The number of aliphatic carboxylic acids is 1. The molecule has 2 fully saturated rings. The highest BCUT2D eigenvalue weighted by molar-refractivity contribution is 5.88. The molecule has 0 spiro atoms. The Hall–Kier alpha value is -2.24. The lowest BCUT2D eigenvalue weighted by molar-refractivity contribution is -0.143. The van der Waals surface area contributed by atoms with Crippen molar-refractivity contribution in [2.45, 2.75) is 32.1 Å². The van der Waals surface area contributed by atoms with Crippen molar-refractivity contribution in [2.75, 3.05) is 27.3 Å². The number of hydrogen-bond acceptors (Lipinski definition) is 4. The lowest BCUT2D eigenvalue weighted by Gasteiger charge is -2.30. The first kappa shape index (κ1) is 18.5. The van der Waals surface area contributed by atoms with E-state index < -0.39 is 17.3 Å². The third-order valence-electron chi connectivity index (χ3n) is 5.84. The molecule has 2 atom stereocenters. The van der Waals surface area contributed by atoms with Crippen molar-refractivity contribution in [3.05, 3.63) is 23.8 Å². The molecule has 0 bridgehead atoms. The average molecular weight is 361 g/mol. The molecule has 0 aromatic heterocycles. The Balaban J connectivity index is 1.83. The van der Waals surface area contributed by atoms with Crippen molar-refractivity contribution in [2.24, 2.45) is 17.8 Å². The van der Waals surface area contributed by atoms with E-state index >= 15 is 0 Å². The van der Waals surface area contributed by atoms with Crippen LogP contribution in [0.15, 0.2) is 18.2 Å². The van der Waals surface area contributed by atoms with E-state index in [1.807, 2.05) is 26.0 Å². The van der Waals surface area contributed by atoms with E-state index in [-0.39, 0.29) is 11.8 Å². The Bertz CT molecular complexity index is 710. The summed E-state index contributed by atoms with van der Waals surface area (Å²) in [5.41, 5.74) is 0.0445. The summed E-state index contributed by atoms with van der Waals surface area (Å²) in [4.78, 5) is 26.6. The average Bonchev–Trinajstić information content (AvgIpc) is 3.38. The fraction of sp³-hybridized carbons (Fsp3) is 0.600. The van der Waals surface area contributed by atoms with Crippen molar-refractivity contribution in [1.29, 1.82) is 0 Å². The summed E-state index contributed by atoms with van der Waals surface area (Å²) in [6.07, 6.45) is 2.16. The largest absolute Gasteiger partial charge is 0.493 e. The lowest BCUT2D eigenvalue weighted by Crippen LogP contribution is -2.42. The molecule has 1 aliphatic heterocycles. The van der Waals surface area contributed by atoms with Crippen LogP contribution in [0, 0.1) is 17.8 Å². The van der Waals surface area contributed by atoms with Crippen LogP contribution in [0.3, 0.4) is 0 Å². The molecule has 142 valence electrons. The maximum Gasteiger partial charge on any atom is 0.308 e. The third-order valence-corrected chi connectivity index (χ3v) is 5.84. The van der Waals surface area contributed by atoms with E-state index in [9.17, 15) is 14.7 Å². The van der Waals surface area contributed by atoms with Crippen LogP contribution < -0.4 is 9.47 Å². The van der Waals surface area contributed by atoms with E-state index in [0.717, 1.165) is 18.4 Å². The van der Waals surface area contributed by atoms with Gasteiger partial charge in [0.1, 0.15) is 0 Å². The molecular weight excluding hydrogens is 334 g/mol. The Kier molecular flexibility index (Phi) is 4.86. The summed E-state index contributed by atoms with van der Waals surface area (Å²) in [6, 6.07) is 5.47. The molecule has 1 saturated heterocycles. The molecule has 1 amide bonds. The first-order chi connectivity index (χ1) is 12.3. The normalized spacial score (nSPS) is 23.0. The number of likely N-dealkylation sites (tertiary alicyclic amines) is 1. The topological polar surface area (TPSA) is 76.1 Å². The molecule has 6 heteroatoms. The predicted octanol–water partition coefficient (Wildman–Crippen LogP) is 2.55. The van der Waals surface area contributed by atoms with E-state index in [2.05, 4.69) is 0 Å². The summed E-state index contributed by atoms with van der Waals surface area (Å²) in [7, 11) is 3.14. The second-order valence-electron chi connectivity index (χ2n) is 7.85. The monoisotopic (exact) mass is 361 g/mol. The Labute approximate surface area is 154 Å². The molecule has 2 aliphatic rings. The quantitative estimate of drug-likeness (QED) is 0.843. The first-order valence-corrected chi connectivity index (χ1v) is 9.04. The fourth-order valence-corrected chi connectivity index (χ4v) is 4.00. The van der Waals surface area contributed by atoms with Gasteiger partial charge in [-0.15, -0.1) is 0 Å². The maximum absolute atomic E-state index is 13.2. The number of carbonyl (C=O) groups is 2. The van der Waals surface area contributed by atoms with Crippen LogP contribution in [-0.4, -0.2) is 49.2 Å². The van der Waals surface area contributed by atoms with E-state index in [1.54, 1.807) is 25.2 Å². The molecular formula is C20H27NO5. The zero-order valence-electron chi connectivity index (χ0n) is 15.8. The standard InChI is InChI=1S/C20H27NO5/c1-20(2,13-7-8-16(25-3)17(9-13)26-4)19(24)21-10-14(12-5-6-12)15(11-21)18(22)23/h7-9,12,14-15H,5-6,10-11H2,1-4H3,(H,22,23)/t14-,15+/m1/s1. The number of nitrogens with zero attached hydrogens (tertiary/aromatic N) is 1. The SMILES string of the molecule is COc1ccc(C(C)(C)C(=O)N2C[C@H](C(=O)O)[C@@H](C3CC3)C2)cc1OC. The molecule has 0 radical (unpaired) electrons. The molecule has 1 heterocycles. The van der Waals surface area contributed by atoms with Crippen LogP contribution in [-0.2, 0) is 15.0 Å². The highest BCUT2D eigenvalue weighted by Crippen LogP contribution is 2.45. The van der Waals surface area contributed by atoms with Gasteiger partial charge in [0.2, 0.25) is 5.91 Å². The minimum Gasteiger partial charge on any atom is -0.493 e. The molecule has 0 unspecified atom stereocenters. The zero-order chi connectivity index (χ0) is 19.1. The van der Waals surface area contributed by atoms with Crippen LogP contribution in [0.1, 0.15) is 32.3 Å². The van der Waals surface area contributed by atoms with Gasteiger partial charge in [0.05, 0.1) is 25.6 Å². The van der Waals surface area contributed by atoms with Gasteiger partial charge < -0.3 is 19.5 Å². The van der Waals surface area contributed by atoms with Crippen LogP contribution in [0.4, 0.5) is 0 Å². The van der Waals surface area contributed by atoms with Gasteiger partial charge >= 0.3 is 5.97 Å². The Morgan fingerprint density at radius 3 is 2.31 bits per heavy atom. The van der Waals surface area contributed by atoms with Crippen LogP contribution >= 0.6 is 0 Å². The van der Waals surface area contributed by atoms with Gasteiger partial charge in [-0.05, 0) is 56.2 Å². The lowest BCUT2D eigenvalue weighted by atomic mass is 9.83. The molecule has 1 aliphatic carbocycles. The number of benzene rings is 1. The number of carbonyl (C=O) groups excluding carboxylic acids is 1. The maximum atomic E-state index is 13.2. The van der Waals surface area contributed by atoms with E-state index in [4.69, 9.17) is 9.47 Å². The minimum atomic E-state index is -0.791. The van der Waals surface area contributed by atoms with E-state index in [1.165, 1.54) is 0 Å². The number of hydrogen-bond donors (Lipinski definition) is 1. The summed E-state index contributed by atoms with van der Waals surface area (Å²) in [6.45, 7) is 4.58. The van der Waals surface area contributed by atoms with Crippen LogP contribution in [0.5, 0.6) is 11.5 Å². The minimum absolute atomic E-state index is 0.0425. The van der Waals surface area contributed by atoms with Crippen molar-refractivity contribution in [1.82, 2.24) is 4.90 Å². The second kappa shape index (κ2) is 6.82. The summed E-state index contributed by atoms with van der Waals surface area (Å²) in [5.74, 6) is 0.440. The van der Waals surface area contributed by atoms with Gasteiger partial charge in [0.25, 0.3) is 0 Å². The summed E-state index contributed by atoms with van der Waals surface area (Å²) < 4.78 is 10.6. The van der Waals surface area contributed by atoms with Gasteiger partial charge in [-0.2, -0.15) is 0 Å². The molecule has 1 aromatic carbocycles. The van der Waals surface area contributed by atoms with Crippen molar-refractivity contribution < 1.29 is 24.2 Å². The summed E-state index contributed by atoms with van der Waals surface area (Å²) in [5, 5.41) is 9.54. The number of carboxylic acid groups (broad SMARTS) is 1. The van der Waals surface area contributed by atoms with Crippen LogP contribution in [0.2, 0.25) is 0 Å². The predicted molar refractivity (Wildman–Crippen MR) is 96.5 cm³/mol. The van der Waals surface area contributed by atoms with Gasteiger partial charge in [-0.25, -0.2) is 0 Å². The number of carboxylic acids is 1. The van der Waals surface area contributed by atoms with Crippen molar-refractivity contribution >= 4 is 11.9 Å². The molecule has 1 N–H and O–H groups in total. The number of ether oxygens (including phenoxy) is 2.